The molecule has 1 aromatic carbocycles. The average Bonchev–Trinajstić information content (AvgIpc) is 2.85. The fourth-order valence-corrected chi connectivity index (χ4v) is 3.12. The minimum Gasteiger partial charge on any atom is -0.493 e. The van der Waals surface area contributed by atoms with Crippen LogP contribution >= 0.6 is 11.6 Å². The summed E-state index contributed by atoms with van der Waals surface area (Å²) in [4.78, 5) is 28.0. The Morgan fingerprint density at radius 1 is 1.15 bits per heavy atom. The predicted molar refractivity (Wildman–Crippen MR) is 101 cm³/mol. The van der Waals surface area contributed by atoms with Gasteiger partial charge in [-0.1, -0.05) is 25.4 Å². The Morgan fingerprint density at radius 3 is 2.42 bits per heavy atom. The molecule has 0 aliphatic carbocycles. The first-order valence-corrected chi connectivity index (χ1v) is 9.26. The predicted octanol–water partition coefficient (Wildman–Crippen LogP) is 3.08. The lowest BCUT2D eigenvalue weighted by Crippen LogP contribution is -2.36. The summed E-state index contributed by atoms with van der Waals surface area (Å²) in [6, 6.07) is 3.28. The molecule has 1 aromatic rings. The molecule has 1 heterocycles. The van der Waals surface area contributed by atoms with E-state index in [0.29, 0.717) is 60.8 Å². The van der Waals surface area contributed by atoms with Crippen LogP contribution in [0.15, 0.2) is 12.1 Å². The van der Waals surface area contributed by atoms with Crippen molar-refractivity contribution in [3.05, 3.63) is 22.7 Å². The molecular formula is C19H27ClN2O4. The highest BCUT2D eigenvalue weighted by atomic mass is 35.5. The number of amides is 2. The second kappa shape index (κ2) is 9.12. The molecule has 1 aliphatic rings. The van der Waals surface area contributed by atoms with Gasteiger partial charge in [0.05, 0.1) is 18.7 Å². The van der Waals surface area contributed by atoms with E-state index in [0.717, 1.165) is 6.42 Å². The highest BCUT2D eigenvalue weighted by molar-refractivity contribution is 6.32. The number of rotatable bonds is 5. The van der Waals surface area contributed by atoms with E-state index in [1.54, 1.807) is 28.9 Å². The van der Waals surface area contributed by atoms with Gasteiger partial charge in [0.25, 0.3) is 5.91 Å². The normalized spacial score (nSPS) is 15.0. The number of carbonyl (C=O) groups is 2. The summed E-state index contributed by atoms with van der Waals surface area (Å²) in [7, 11) is 1.53. The maximum absolute atomic E-state index is 12.9. The van der Waals surface area contributed by atoms with Gasteiger partial charge in [0, 0.05) is 38.7 Å². The molecule has 0 unspecified atom stereocenters. The van der Waals surface area contributed by atoms with Gasteiger partial charge in [0.2, 0.25) is 5.91 Å². The smallest absolute Gasteiger partial charge is 0.254 e. The first-order valence-electron chi connectivity index (χ1n) is 8.88. The molecule has 1 fully saturated rings. The van der Waals surface area contributed by atoms with Crippen LogP contribution in [-0.4, -0.2) is 61.5 Å². The van der Waals surface area contributed by atoms with Crippen LogP contribution in [0.2, 0.25) is 5.02 Å². The van der Waals surface area contributed by atoms with Crippen LogP contribution in [0.5, 0.6) is 11.5 Å². The molecule has 0 bridgehead atoms. The van der Waals surface area contributed by atoms with Crippen LogP contribution in [-0.2, 0) is 4.79 Å². The highest BCUT2D eigenvalue weighted by Crippen LogP contribution is 2.37. The van der Waals surface area contributed by atoms with Crippen molar-refractivity contribution in [2.24, 2.45) is 5.92 Å². The van der Waals surface area contributed by atoms with Crippen LogP contribution in [0.1, 0.15) is 37.6 Å². The number of methoxy groups -OCH3 is 1. The second-order valence-electron chi connectivity index (χ2n) is 6.85. The molecule has 1 aliphatic heterocycles. The number of benzene rings is 1. The Hall–Kier alpha value is -1.95. The number of hydrogen-bond donors (Lipinski definition) is 0. The molecule has 6 nitrogen and oxygen atoms in total. The molecule has 0 saturated carbocycles. The average molecular weight is 383 g/mol. The van der Waals surface area contributed by atoms with E-state index in [-0.39, 0.29) is 11.8 Å². The maximum atomic E-state index is 12.9. The topological polar surface area (TPSA) is 59.1 Å². The monoisotopic (exact) mass is 382 g/mol. The van der Waals surface area contributed by atoms with Crippen molar-refractivity contribution in [1.82, 2.24) is 9.80 Å². The van der Waals surface area contributed by atoms with Gasteiger partial charge < -0.3 is 19.3 Å². The second-order valence-corrected chi connectivity index (χ2v) is 7.25. The molecule has 0 spiro atoms. The van der Waals surface area contributed by atoms with Crippen molar-refractivity contribution in [1.29, 1.82) is 0 Å². The van der Waals surface area contributed by atoms with Crippen LogP contribution < -0.4 is 9.47 Å². The molecule has 26 heavy (non-hydrogen) atoms. The zero-order valence-corrected chi connectivity index (χ0v) is 16.6. The van der Waals surface area contributed by atoms with Crippen molar-refractivity contribution < 1.29 is 19.1 Å². The largest absolute Gasteiger partial charge is 0.493 e. The molecule has 7 heteroatoms. The van der Waals surface area contributed by atoms with Gasteiger partial charge in [-0.15, -0.1) is 0 Å². The summed E-state index contributed by atoms with van der Waals surface area (Å²) in [5.41, 5.74) is 0.458. The Morgan fingerprint density at radius 2 is 1.81 bits per heavy atom. The summed E-state index contributed by atoms with van der Waals surface area (Å²) in [5, 5.41) is 0.355. The molecular weight excluding hydrogens is 356 g/mol. The SMILES string of the molecule is COc1cc(C(=O)N2CCCN(C(C)=O)CC2)cc(Cl)c1OCC(C)C. The number of halogens is 1. The van der Waals surface area contributed by atoms with Crippen molar-refractivity contribution in [3.63, 3.8) is 0 Å². The third-order valence-corrected chi connectivity index (χ3v) is 4.55. The minimum atomic E-state index is -0.119. The van der Waals surface area contributed by atoms with E-state index in [4.69, 9.17) is 21.1 Å². The van der Waals surface area contributed by atoms with Gasteiger partial charge in [-0.25, -0.2) is 0 Å². The molecule has 0 radical (unpaired) electrons. The standard InChI is InChI=1S/C19H27ClN2O4/c1-13(2)12-26-18-16(20)10-15(11-17(18)25-4)19(24)22-7-5-6-21(8-9-22)14(3)23/h10-11,13H,5-9,12H2,1-4H3. The van der Waals surface area contributed by atoms with Gasteiger partial charge in [-0.3, -0.25) is 9.59 Å². The Balaban J connectivity index is 2.18. The van der Waals surface area contributed by atoms with E-state index in [9.17, 15) is 9.59 Å². The van der Waals surface area contributed by atoms with E-state index < -0.39 is 0 Å². The van der Waals surface area contributed by atoms with Crippen LogP contribution in [0.3, 0.4) is 0 Å². The van der Waals surface area contributed by atoms with Gasteiger partial charge in [0.15, 0.2) is 11.5 Å². The van der Waals surface area contributed by atoms with Crippen LogP contribution in [0, 0.1) is 5.92 Å². The zero-order valence-electron chi connectivity index (χ0n) is 15.9. The van der Waals surface area contributed by atoms with Crippen molar-refractivity contribution in [2.45, 2.75) is 27.2 Å². The first kappa shape index (κ1) is 20.4. The Bertz CT molecular complexity index is 663. The molecule has 144 valence electrons. The number of carbonyl (C=O) groups excluding carboxylic acids is 2. The lowest BCUT2D eigenvalue weighted by Gasteiger charge is -2.22. The van der Waals surface area contributed by atoms with Crippen molar-refractivity contribution >= 4 is 23.4 Å². The molecule has 2 rings (SSSR count). The summed E-state index contributed by atoms with van der Waals surface area (Å²) >= 11 is 6.35. The van der Waals surface area contributed by atoms with E-state index >= 15 is 0 Å². The fraction of sp³-hybridized carbons (Fsp3) is 0.579. The Labute approximate surface area is 160 Å². The van der Waals surface area contributed by atoms with Crippen LogP contribution in [0.4, 0.5) is 0 Å². The van der Waals surface area contributed by atoms with Gasteiger partial charge >= 0.3 is 0 Å². The van der Waals surface area contributed by atoms with Crippen molar-refractivity contribution in [2.75, 3.05) is 39.9 Å². The number of nitrogens with zero attached hydrogens (tertiary/aromatic N) is 2. The van der Waals surface area contributed by atoms with E-state index in [1.165, 1.54) is 7.11 Å². The van der Waals surface area contributed by atoms with E-state index in [2.05, 4.69) is 0 Å². The Kier molecular flexibility index (Phi) is 7.14. The van der Waals surface area contributed by atoms with E-state index in [1.807, 2.05) is 13.8 Å². The van der Waals surface area contributed by atoms with Gasteiger partial charge in [-0.2, -0.15) is 0 Å². The third-order valence-electron chi connectivity index (χ3n) is 4.27. The van der Waals surface area contributed by atoms with Gasteiger partial charge in [0.1, 0.15) is 0 Å². The quantitative estimate of drug-likeness (QED) is 0.785. The minimum absolute atomic E-state index is 0.0377. The lowest BCUT2D eigenvalue weighted by molar-refractivity contribution is -0.128. The van der Waals surface area contributed by atoms with Gasteiger partial charge in [-0.05, 0) is 24.5 Å². The first-order chi connectivity index (χ1) is 12.3. The summed E-state index contributed by atoms with van der Waals surface area (Å²) < 4.78 is 11.1. The number of ether oxygens (including phenoxy) is 2. The third kappa shape index (κ3) is 5.04. The molecule has 0 atom stereocenters. The fourth-order valence-electron chi connectivity index (χ4n) is 2.85. The maximum Gasteiger partial charge on any atom is 0.254 e. The lowest BCUT2D eigenvalue weighted by atomic mass is 10.1. The summed E-state index contributed by atoms with van der Waals surface area (Å²) in [6.45, 7) is 8.48. The molecule has 1 saturated heterocycles. The molecule has 2 amide bonds. The van der Waals surface area contributed by atoms with Crippen LogP contribution in [0.25, 0.3) is 0 Å². The van der Waals surface area contributed by atoms with Crippen molar-refractivity contribution in [3.8, 4) is 11.5 Å². The molecule has 0 aromatic heterocycles. The number of hydrogen-bond acceptors (Lipinski definition) is 4. The summed E-state index contributed by atoms with van der Waals surface area (Å²) in [5.74, 6) is 1.17. The highest BCUT2D eigenvalue weighted by Gasteiger charge is 2.23. The zero-order chi connectivity index (χ0) is 19.3. The molecule has 0 N–H and O–H groups in total. The summed E-state index contributed by atoms with van der Waals surface area (Å²) in [6.07, 6.45) is 0.756.